The van der Waals surface area contributed by atoms with Gasteiger partial charge in [0.05, 0.1) is 30.3 Å². The topological polar surface area (TPSA) is 69.2 Å². The molecule has 3 aromatic rings. The van der Waals surface area contributed by atoms with Gasteiger partial charge in [0, 0.05) is 5.02 Å². The number of halogens is 2. The van der Waals surface area contributed by atoms with Crippen molar-refractivity contribution < 1.29 is 19.0 Å². The molecule has 8 heteroatoms. The van der Waals surface area contributed by atoms with Crippen molar-refractivity contribution in [3.8, 4) is 17.2 Å². The van der Waals surface area contributed by atoms with Gasteiger partial charge in [-0.1, -0.05) is 35.9 Å². The lowest BCUT2D eigenvalue weighted by Gasteiger charge is -2.15. The molecule has 178 valence electrons. The van der Waals surface area contributed by atoms with Crippen molar-refractivity contribution in [2.45, 2.75) is 26.9 Å². The van der Waals surface area contributed by atoms with Crippen LogP contribution in [0.25, 0.3) is 0 Å². The molecule has 3 rings (SSSR count). The lowest BCUT2D eigenvalue weighted by Crippen LogP contribution is -2.19. The first-order chi connectivity index (χ1) is 16.5. The lowest BCUT2D eigenvalue weighted by molar-refractivity contribution is -0.120. The van der Waals surface area contributed by atoms with E-state index in [0.717, 1.165) is 22.4 Å². The zero-order valence-electron chi connectivity index (χ0n) is 19.0. The number of carbonyl (C=O) groups excluding carboxylic acids is 1. The van der Waals surface area contributed by atoms with E-state index in [9.17, 15) is 4.79 Å². The second kappa shape index (κ2) is 13.0. The van der Waals surface area contributed by atoms with E-state index in [1.54, 1.807) is 6.21 Å². The maximum atomic E-state index is 12.2. The molecule has 0 heterocycles. The lowest BCUT2D eigenvalue weighted by atomic mass is 10.1. The van der Waals surface area contributed by atoms with Crippen LogP contribution < -0.4 is 19.6 Å². The number of benzene rings is 3. The Bertz CT molecular complexity index is 1140. The third-order valence-corrected chi connectivity index (χ3v) is 5.43. The van der Waals surface area contributed by atoms with E-state index in [1.807, 2.05) is 74.5 Å². The van der Waals surface area contributed by atoms with Crippen molar-refractivity contribution in [3.63, 3.8) is 0 Å². The van der Waals surface area contributed by atoms with E-state index in [1.165, 1.54) is 0 Å². The molecule has 0 bridgehead atoms. The van der Waals surface area contributed by atoms with Gasteiger partial charge in [-0.25, -0.2) is 5.43 Å². The molecule has 0 saturated heterocycles. The zero-order chi connectivity index (χ0) is 24.3. The molecule has 3 aromatic carbocycles. The number of hydrogen-bond donors (Lipinski definition) is 1. The second-order valence-corrected chi connectivity index (χ2v) is 8.52. The van der Waals surface area contributed by atoms with E-state index in [-0.39, 0.29) is 12.3 Å². The molecule has 0 fully saturated rings. The second-order valence-electron chi connectivity index (χ2n) is 7.23. The summed E-state index contributed by atoms with van der Waals surface area (Å²) in [6.07, 6.45) is 1.78. The van der Waals surface area contributed by atoms with Crippen molar-refractivity contribution in [3.05, 3.63) is 86.8 Å². The van der Waals surface area contributed by atoms with E-state index in [2.05, 4.69) is 26.5 Å². The van der Waals surface area contributed by atoms with Crippen molar-refractivity contribution in [2.75, 3.05) is 13.2 Å². The Morgan fingerprint density at radius 1 is 1.00 bits per heavy atom. The summed E-state index contributed by atoms with van der Waals surface area (Å²) < 4.78 is 17.9. The Morgan fingerprint density at radius 2 is 1.76 bits per heavy atom. The standard InChI is InChI=1S/C26H26BrClN2O4/c1-3-32-22-10-8-18(9-11-22)15-25(31)30-29-16-20-13-23(27)26(24(14-20)33-4-2)34-17-19-6-5-7-21(28)12-19/h5-14,16H,3-4,15,17H2,1-2H3,(H,30,31)/b29-16-. The van der Waals surface area contributed by atoms with Gasteiger partial charge in [0.15, 0.2) is 11.5 Å². The molecular formula is C26H26BrClN2O4. The fourth-order valence-electron chi connectivity index (χ4n) is 3.12. The first kappa shape index (κ1) is 25.6. The number of amides is 1. The van der Waals surface area contributed by atoms with Crippen LogP contribution in [0.3, 0.4) is 0 Å². The van der Waals surface area contributed by atoms with Crippen LogP contribution in [0.1, 0.15) is 30.5 Å². The van der Waals surface area contributed by atoms with E-state index in [0.29, 0.717) is 40.8 Å². The molecule has 0 spiro atoms. The largest absolute Gasteiger partial charge is 0.494 e. The molecule has 0 aliphatic rings. The monoisotopic (exact) mass is 544 g/mol. The van der Waals surface area contributed by atoms with E-state index >= 15 is 0 Å². The van der Waals surface area contributed by atoms with Gasteiger partial charge in [0.1, 0.15) is 12.4 Å². The van der Waals surface area contributed by atoms with Crippen LogP contribution in [0.4, 0.5) is 0 Å². The average Bonchev–Trinajstić information content (AvgIpc) is 2.80. The van der Waals surface area contributed by atoms with E-state index < -0.39 is 0 Å². The molecule has 0 atom stereocenters. The summed E-state index contributed by atoms with van der Waals surface area (Å²) in [7, 11) is 0. The van der Waals surface area contributed by atoms with Gasteiger partial charge >= 0.3 is 0 Å². The highest BCUT2D eigenvalue weighted by molar-refractivity contribution is 9.10. The third-order valence-electron chi connectivity index (χ3n) is 4.61. The quantitative estimate of drug-likeness (QED) is 0.231. The molecule has 0 unspecified atom stereocenters. The summed E-state index contributed by atoms with van der Waals surface area (Å²) in [5, 5.41) is 4.73. The number of hydrazone groups is 1. The number of carbonyl (C=O) groups is 1. The number of rotatable bonds is 11. The normalized spacial score (nSPS) is 10.8. The van der Waals surface area contributed by atoms with Crippen LogP contribution in [-0.4, -0.2) is 25.3 Å². The highest BCUT2D eigenvalue weighted by atomic mass is 79.9. The molecule has 34 heavy (non-hydrogen) atoms. The number of hydrogen-bond acceptors (Lipinski definition) is 5. The van der Waals surface area contributed by atoms with Crippen LogP contribution in [0.2, 0.25) is 5.02 Å². The molecule has 1 N–H and O–H groups in total. The van der Waals surface area contributed by atoms with Gasteiger partial charge in [-0.05, 0) is 82.9 Å². The van der Waals surface area contributed by atoms with Crippen molar-refractivity contribution in [1.82, 2.24) is 5.43 Å². The molecule has 0 radical (unpaired) electrons. The van der Waals surface area contributed by atoms with Gasteiger partial charge in [-0.2, -0.15) is 5.10 Å². The van der Waals surface area contributed by atoms with Crippen molar-refractivity contribution in [1.29, 1.82) is 0 Å². The average molecular weight is 546 g/mol. The Morgan fingerprint density at radius 3 is 2.47 bits per heavy atom. The maximum Gasteiger partial charge on any atom is 0.244 e. The van der Waals surface area contributed by atoms with Crippen LogP contribution in [-0.2, 0) is 17.8 Å². The van der Waals surface area contributed by atoms with E-state index in [4.69, 9.17) is 25.8 Å². The Labute approximate surface area is 213 Å². The smallest absolute Gasteiger partial charge is 0.244 e. The third kappa shape index (κ3) is 7.78. The SMILES string of the molecule is CCOc1ccc(CC(=O)N/N=C\c2cc(Br)c(OCc3cccc(Cl)c3)c(OCC)c2)cc1. The number of nitrogens with zero attached hydrogens (tertiary/aromatic N) is 1. The summed E-state index contributed by atoms with van der Waals surface area (Å²) in [5.41, 5.74) is 5.12. The van der Waals surface area contributed by atoms with Gasteiger partial charge in [0.25, 0.3) is 0 Å². The Balaban J connectivity index is 1.62. The maximum absolute atomic E-state index is 12.2. The minimum absolute atomic E-state index is 0.216. The first-order valence-corrected chi connectivity index (χ1v) is 12.0. The fourth-order valence-corrected chi connectivity index (χ4v) is 3.91. The predicted octanol–water partition coefficient (Wildman–Crippen LogP) is 6.17. The number of nitrogens with one attached hydrogen (secondary N) is 1. The minimum atomic E-state index is -0.217. The van der Waals surface area contributed by atoms with Gasteiger partial charge in [-0.15, -0.1) is 0 Å². The molecular weight excluding hydrogens is 520 g/mol. The molecule has 0 aliphatic carbocycles. The van der Waals surface area contributed by atoms with Crippen LogP contribution in [0.5, 0.6) is 17.2 Å². The molecule has 1 amide bonds. The Kier molecular flexibility index (Phi) is 9.79. The first-order valence-electron chi connectivity index (χ1n) is 10.9. The molecule has 6 nitrogen and oxygen atoms in total. The zero-order valence-corrected chi connectivity index (χ0v) is 21.4. The predicted molar refractivity (Wildman–Crippen MR) is 138 cm³/mol. The van der Waals surface area contributed by atoms with Crippen molar-refractivity contribution in [2.24, 2.45) is 5.10 Å². The summed E-state index contributed by atoms with van der Waals surface area (Å²) >= 11 is 9.60. The summed E-state index contributed by atoms with van der Waals surface area (Å²) in [6, 6.07) is 18.6. The summed E-state index contributed by atoms with van der Waals surface area (Å²) in [4.78, 5) is 12.2. The fraction of sp³-hybridized carbons (Fsp3) is 0.231. The minimum Gasteiger partial charge on any atom is -0.494 e. The van der Waals surface area contributed by atoms with Crippen LogP contribution in [0.15, 0.2) is 70.2 Å². The molecule has 0 aliphatic heterocycles. The van der Waals surface area contributed by atoms with Crippen molar-refractivity contribution >= 4 is 39.7 Å². The summed E-state index contributed by atoms with van der Waals surface area (Å²) in [5.74, 6) is 1.71. The van der Waals surface area contributed by atoms with Gasteiger partial charge < -0.3 is 14.2 Å². The molecule has 0 saturated carbocycles. The highest BCUT2D eigenvalue weighted by Crippen LogP contribution is 2.37. The van der Waals surface area contributed by atoms with Crippen LogP contribution >= 0.6 is 27.5 Å². The van der Waals surface area contributed by atoms with Gasteiger partial charge in [-0.3, -0.25) is 4.79 Å². The van der Waals surface area contributed by atoms with Crippen LogP contribution in [0, 0.1) is 0 Å². The summed E-state index contributed by atoms with van der Waals surface area (Å²) in [6.45, 7) is 5.24. The van der Waals surface area contributed by atoms with Gasteiger partial charge in [0.2, 0.25) is 5.91 Å². The Hall–Kier alpha value is -3.03. The number of ether oxygens (including phenoxy) is 3. The highest BCUT2D eigenvalue weighted by Gasteiger charge is 2.12. The molecule has 0 aromatic heterocycles.